The van der Waals surface area contributed by atoms with Gasteiger partial charge >= 0.3 is 0 Å². The Morgan fingerprint density at radius 1 is 0.900 bits per heavy atom. The summed E-state index contributed by atoms with van der Waals surface area (Å²) in [7, 11) is 0. The fourth-order valence-electron chi connectivity index (χ4n) is 3.80. The molecule has 4 aromatic rings. The van der Waals surface area contributed by atoms with Gasteiger partial charge in [-0.25, -0.2) is 4.39 Å². The van der Waals surface area contributed by atoms with E-state index in [1.807, 2.05) is 67.7 Å². The lowest BCUT2D eigenvalue weighted by Gasteiger charge is -2.07. The van der Waals surface area contributed by atoms with Crippen LogP contribution in [0.5, 0.6) is 0 Å². The van der Waals surface area contributed by atoms with Crippen molar-refractivity contribution in [3.05, 3.63) is 107 Å². The SMILES string of the molecule is Cc1ccccc1CNC(=O)CCc1cn(Cc2ccccc2F)c2ccccc12. The highest BCUT2D eigenvalue weighted by atomic mass is 19.1. The standard InChI is InChI=1S/C26H25FN2O/c1-19-8-2-3-9-20(19)16-28-26(30)15-14-21-17-29(25-13-7-5-11-23(21)25)18-22-10-4-6-12-24(22)27/h2-13,17H,14-16,18H2,1H3,(H,28,30). The summed E-state index contributed by atoms with van der Waals surface area (Å²) in [6.45, 7) is 3.05. The average Bonchev–Trinajstić information content (AvgIpc) is 3.11. The van der Waals surface area contributed by atoms with Crippen LogP contribution in [-0.4, -0.2) is 10.5 Å². The summed E-state index contributed by atoms with van der Waals surface area (Å²) < 4.78 is 16.2. The highest BCUT2D eigenvalue weighted by Crippen LogP contribution is 2.24. The average molecular weight is 400 g/mol. The Bertz CT molecular complexity index is 1180. The van der Waals surface area contributed by atoms with E-state index in [0.29, 0.717) is 31.5 Å². The highest BCUT2D eigenvalue weighted by Gasteiger charge is 2.12. The van der Waals surface area contributed by atoms with Gasteiger partial charge in [0.25, 0.3) is 0 Å². The maximum atomic E-state index is 14.1. The largest absolute Gasteiger partial charge is 0.352 e. The molecular formula is C26H25FN2O. The molecule has 0 aliphatic rings. The zero-order valence-electron chi connectivity index (χ0n) is 17.1. The number of rotatable bonds is 7. The van der Waals surface area contributed by atoms with E-state index in [1.165, 1.54) is 11.6 Å². The number of para-hydroxylation sites is 1. The van der Waals surface area contributed by atoms with Crippen molar-refractivity contribution in [2.45, 2.75) is 32.9 Å². The van der Waals surface area contributed by atoms with Gasteiger partial charge in [0.15, 0.2) is 0 Å². The smallest absolute Gasteiger partial charge is 0.220 e. The number of aromatic nitrogens is 1. The van der Waals surface area contributed by atoms with Crippen LogP contribution in [0.3, 0.4) is 0 Å². The Morgan fingerprint density at radius 3 is 2.40 bits per heavy atom. The van der Waals surface area contributed by atoms with Gasteiger partial charge < -0.3 is 9.88 Å². The number of amides is 1. The van der Waals surface area contributed by atoms with Crippen molar-refractivity contribution in [2.75, 3.05) is 0 Å². The van der Waals surface area contributed by atoms with Gasteiger partial charge in [-0.1, -0.05) is 60.7 Å². The van der Waals surface area contributed by atoms with Gasteiger partial charge in [0, 0.05) is 35.6 Å². The van der Waals surface area contributed by atoms with Crippen molar-refractivity contribution < 1.29 is 9.18 Å². The van der Waals surface area contributed by atoms with Gasteiger partial charge in [0.1, 0.15) is 5.82 Å². The minimum atomic E-state index is -0.201. The van der Waals surface area contributed by atoms with Gasteiger partial charge in [-0.3, -0.25) is 4.79 Å². The molecule has 0 radical (unpaired) electrons. The van der Waals surface area contributed by atoms with E-state index in [-0.39, 0.29) is 11.7 Å². The maximum absolute atomic E-state index is 14.1. The van der Waals surface area contributed by atoms with E-state index in [9.17, 15) is 9.18 Å². The number of carbonyl (C=O) groups excluding carboxylic acids is 1. The van der Waals surface area contributed by atoms with E-state index in [1.54, 1.807) is 6.07 Å². The molecule has 0 fully saturated rings. The van der Waals surface area contributed by atoms with Gasteiger partial charge in [-0.15, -0.1) is 0 Å². The number of hydrogen-bond donors (Lipinski definition) is 1. The van der Waals surface area contributed by atoms with Crippen LogP contribution in [0.15, 0.2) is 79.0 Å². The lowest BCUT2D eigenvalue weighted by Crippen LogP contribution is -2.23. The Balaban J connectivity index is 1.46. The number of fused-ring (bicyclic) bond motifs is 1. The lowest BCUT2D eigenvalue weighted by molar-refractivity contribution is -0.121. The first-order valence-corrected chi connectivity index (χ1v) is 10.2. The van der Waals surface area contributed by atoms with Crippen molar-refractivity contribution in [2.24, 2.45) is 0 Å². The lowest BCUT2D eigenvalue weighted by atomic mass is 10.1. The molecule has 1 amide bonds. The molecule has 4 rings (SSSR count). The van der Waals surface area contributed by atoms with Crippen molar-refractivity contribution in [3.63, 3.8) is 0 Å². The Morgan fingerprint density at radius 2 is 1.60 bits per heavy atom. The third-order valence-corrected chi connectivity index (χ3v) is 5.53. The first-order valence-electron chi connectivity index (χ1n) is 10.2. The molecule has 1 N–H and O–H groups in total. The predicted octanol–water partition coefficient (Wildman–Crippen LogP) is 5.39. The first-order chi connectivity index (χ1) is 14.6. The number of aryl methyl sites for hydroxylation is 2. The molecule has 0 bridgehead atoms. The molecule has 0 atom stereocenters. The van der Waals surface area contributed by atoms with Gasteiger partial charge in [-0.2, -0.15) is 0 Å². The quantitative estimate of drug-likeness (QED) is 0.444. The molecule has 0 unspecified atom stereocenters. The maximum Gasteiger partial charge on any atom is 0.220 e. The van der Waals surface area contributed by atoms with Crippen molar-refractivity contribution in [3.8, 4) is 0 Å². The molecule has 30 heavy (non-hydrogen) atoms. The highest BCUT2D eigenvalue weighted by molar-refractivity contribution is 5.85. The van der Waals surface area contributed by atoms with E-state index in [2.05, 4.69) is 16.0 Å². The summed E-state index contributed by atoms with van der Waals surface area (Å²) in [4.78, 5) is 12.4. The molecule has 1 aromatic heterocycles. The van der Waals surface area contributed by atoms with Crippen molar-refractivity contribution in [1.29, 1.82) is 0 Å². The number of halogens is 1. The second-order valence-electron chi connectivity index (χ2n) is 7.59. The third-order valence-electron chi connectivity index (χ3n) is 5.53. The molecule has 0 saturated carbocycles. The van der Waals surface area contributed by atoms with E-state index < -0.39 is 0 Å². The van der Waals surface area contributed by atoms with E-state index >= 15 is 0 Å². The third kappa shape index (κ3) is 4.43. The number of benzene rings is 3. The Kier molecular flexibility index (Phi) is 5.94. The van der Waals surface area contributed by atoms with Crippen molar-refractivity contribution in [1.82, 2.24) is 9.88 Å². The zero-order valence-corrected chi connectivity index (χ0v) is 17.1. The number of carbonyl (C=O) groups is 1. The molecule has 152 valence electrons. The van der Waals surface area contributed by atoms with E-state index in [0.717, 1.165) is 22.0 Å². The Hall–Kier alpha value is -3.40. The first kappa shape index (κ1) is 19.9. The molecule has 1 heterocycles. The van der Waals surface area contributed by atoms with Gasteiger partial charge in [-0.05, 0) is 42.2 Å². The fraction of sp³-hybridized carbons (Fsp3) is 0.192. The minimum Gasteiger partial charge on any atom is -0.352 e. The number of nitrogens with zero attached hydrogens (tertiary/aromatic N) is 1. The van der Waals surface area contributed by atoms with Gasteiger partial charge in [0.2, 0.25) is 5.91 Å². The number of hydrogen-bond acceptors (Lipinski definition) is 1. The van der Waals surface area contributed by atoms with E-state index in [4.69, 9.17) is 0 Å². The van der Waals surface area contributed by atoms with Crippen LogP contribution in [0.1, 0.15) is 28.7 Å². The second-order valence-corrected chi connectivity index (χ2v) is 7.59. The van der Waals surface area contributed by atoms with Crippen LogP contribution in [0.4, 0.5) is 4.39 Å². The summed E-state index contributed by atoms with van der Waals surface area (Å²) >= 11 is 0. The molecule has 0 saturated heterocycles. The fourth-order valence-corrected chi connectivity index (χ4v) is 3.80. The van der Waals surface area contributed by atoms with Crippen LogP contribution < -0.4 is 5.32 Å². The summed E-state index contributed by atoms with van der Waals surface area (Å²) in [6.07, 6.45) is 3.11. The molecule has 4 heteroatoms. The molecule has 0 spiro atoms. The van der Waals surface area contributed by atoms with Crippen LogP contribution >= 0.6 is 0 Å². The summed E-state index contributed by atoms with van der Waals surface area (Å²) in [6, 6.07) is 23.0. The minimum absolute atomic E-state index is 0.0317. The summed E-state index contributed by atoms with van der Waals surface area (Å²) in [5.41, 5.74) is 5.12. The van der Waals surface area contributed by atoms with Crippen LogP contribution in [0, 0.1) is 12.7 Å². The molecule has 0 aliphatic carbocycles. The van der Waals surface area contributed by atoms with Crippen molar-refractivity contribution >= 4 is 16.8 Å². The summed E-state index contributed by atoms with van der Waals surface area (Å²) in [5.74, 6) is -0.170. The topological polar surface area (TPSA) is 34.0 Å². The normalized spacial score (nSPS) is 11.0. The second kappa shape index (κ2) is 8.95. The zero-order chi connectivity index (χ0) is 20.9. The molecule has 3 aromatic carbocycles. The molecule has 3 nitrogen and oxygen atoms in total. The molecular weight excluding hydrogens is 375 g/mol. The van der Waals surface area contributed by atoms with Crippen LogP contribution in [-0.2, 0) is 24.3 Å². The van der Waals surface area contributed by atoms with Gasteiger partial charge in [0.05, 0.1) is 6.54 Å². The molecule has 0 aliphatic heterocycles. The monoisotopic (exact) mass is 400 g/mol. The van der Waals surface area contributed by atoms with Crippen LogP contribution in [0.2, 0.25) is 0 Å². The summed E-state index contributed by atoms with van der Waals surface area (Å²) in [5, 5.41) is 4.13. The Labute approximate surface area is 176 Å². The van der Waals surface area contributed by atoms with Crippen LogP contribution in [0.25, 0.3) is 10.9 Å². The predicted molar refractivity (Wildman–Crippen MR) is 119 cm³/mol. The number of nitrogens with one attached hydrogen (secondary N) is 1.